The summed E-state index contributed by atoms with van der Waals surface area (Å²) in [5, 5.41) is 14.6. The quantitative estimate of drug-likeness (QED) is 0.884. The van der Waals surface area contributed by atoms with Crippen LogP contribution in [0.1, 0.15) is 24.5 Å². The molecule has 2 atom stereocenters. The normalized spacial score (nSPS) is 23.7. The van der Waals surface area contributed by atoms with Gasteiger partial charge in [-0.15, -0.1) is 0 Å². The van der Waals surface area contributed by atoms with Gasteiger partial charge in [-0.05, 0) is 37.5 Å². The zero-order valence-electron chi connectivity index (χ0n) is 10.9. The zero-order valence-corrected chi connectivity index (χ0v) is 11.6. The van der Waals surface area contributed by atoms with E-state index in [1.54, 1.807) is 0 Å². The van der Waals surface area contributed by atoms with Crippen LogP contribution >= 0.6 is 11.6 Å². The number of hydrogen-bond donors (Lipinski definition) is 2. The molecule has 1 fully saturated rings. The van der Waals surface area contributed by atoms with Crippen molar-refractivity contribution in [3.05, 3.63) is 34.3 Å². The maximum absolute atomic E-state index is 10.6. The van der Waals surface area contributed by atoms with E-state index in [4.69, 9.17) is 16.3 Å². The number of ether oxygens (including phenoxy) is 1. The van der Waals surface area contributed by atoms with Gasteiger partial charge in [0.25, 0.3) is 0 Å². The minimum absolute atomic E-state index is 0.189. The number of rotatable bonds is 3. The van der Waals surface area contributed by atoms with Crippen LogP contribution in [-0.2, 0) is 10.3 Å². The average Bonchev–Trinajstić information content (AvgIpc) is 2.33. The van der Waals surface area contributed by atoms with Crippen LogP contribution < -0.4 is 5.32 Å². The SMILES string of the molecule is Cc1ccc(C(C)(O)CC2COCCN2)cc1Cl. The van der Waals surface area contributed by atoms with Gasteiger partial charge in [0, 0.05) is 17.6 Å². The molecule has 3 nitrogen and oxygen atoms in total. The number of aryl methyl sites for hydroxylation is 1. The van der Waals surface area contributed by atoms with Gasteiger partial charge in [0.1, 0.15) is 0 Å². The lowest BCUT2D eigenvalue weighted by atomic mass is 9.88. The molecule has 18 heavy (non-hydrogen) atoms. The van der Waals surface area contributed by atoms with Gasteiger partial charge < -0.3 is 15.2 Å². The lowest BCUT2D eigenvalue weighted by Crippen LogP contribution is -2.45. The second-order valence-corrected chi connectivity index (χ2v) is 5.58. The highest BCUT2D eigenvalue weighted by Crippen LogP contribution is 2.29. The van der Waals surface area contributed by atoms with Crippen molar-refractivity contribution in [2.45, 2.75) is 31.9 Å². The van der Waals surface area contributed by atoms with Gasteiger partial charge in [-0.25, -0.2) is 0 Å². The first-order valence-corrected chi connectivity index (χ1v) is 6.67. The molecule has 2 unspecified atom stereocenters. The fraction of sp³-hybridized carbons (Fsp3) is 0.571. The van der Waals surface area contributed by atoms with Gasteiger partial charge in [0.05, 0.1) is 18.8 Å². The summed E-state index contributed by atoms with van der Waals surface area (Å²) in [7, 11) is 0. The van der Waals surface area contributed by atoms with Crippen LogP contribution in [0.3, 0.4) is 0 Å². The van der Waals surface area contributed by atoms with Gasteiger partial charge >= 0.3 is 0 Å². The number of hydrogen-bond acceptors (Lipinski definition) is 3. The molecular weight excluding hydrogens is 250 g/mol. The predicted molar refractivity (Wildman–Crippen MR) is 73.0 cm³/mol. The first-order chi connectivity index (χ1) is 8.49. The van der Waals surface area contributed by atoms with Crippen LogP contribution in [-0.4, -0.2) is 30.9 Å². The molecule has 2 N–H and O–H groups in total. The Bertz CT molecular complexity index is 414. The second-order valence-electron chi connectivity index (χ2n) is 5.17. The highest BCUT2D eigenvalue weighted by atomic mass is 35.5. The van der Waals surface area contributed by atoms with Crippen LogP contribution in [0, 0.1) is 6.92 Å². The molecule has 1 aliphatic rings. The highest BCUT2D eigenvalue weighted by molar-refractivity contribution is 6.31. The van der Waals surface area contributed by atoms with E-state index in [-0.39, 0.29) is 6.04 Å². The van der Waals surface area contributed by atoms with E-state index in [1.807, 2.05) is 32.0 Å². The van der Waals surface area contributed by atoms with Gasteiger partial charge in [0.2, 0.25) is 0 Å². The van der Waals surface area contributed by atoms with E-state index >= 15 is 0 Å². The maximum Gasteiger partial charge on any atom is 0.0884 e. The van der Waals surface area contributed by atoms with Crippen LogP contribution in [0.5, 0.6) is 0 Å². The van der Waals surface area contributed by atoms with E-state index in [2.05, 4.69) is 5.32 Å². The number of nitrogens with one attached hydrogen (secondary N) is 1. The third-order valence-electron chi connectivity index (χ3n) is 3.44. The van der Waals surface area contributed by atoms with Gasteiger partial charge in [-0.2, -0.15) is 0 Å². The summed E-state index contributed by atoms with van der Waals surface area (Å²) >= 11 is 6.11. The van der Waals surface area contributed by atoms with Gasteiger partial charge in [-0.1, -0.05) is 23.7 Å². The Morgan fingerprint density at radius 1 is 1.56 bits per heavy atom. The summed E-state index contributed by atoms with van der Waals surface area (Å²) in [6, 6.07) is 5.91. The molecule has 0 bridgehead atoms. The van der Waals surface area contributed by atoms with E-state index < -0.39 is 5.60 Å². The molecule has 0 amide bonds. The first kappa shape index (κ1) is 13.8. The molecule has 1 heterocycles. The highest BCUT2D eigenvalue weighted by Gasteiger charge is 2.28. The fourth-order valence-corrected chi connectivity index (χ4v) is 2.46. The molecule has 0 aliphatic carbocycles. The van der Waals surface area contributed by atoms with Crippen LogP contribution in [0.15, 0.2) is 18.2 Å². The molecule has 0 radical (unpaired) electrons. The summed E-state index contributed by atoms with van der Waals surface area (Å²) in [5.41, 5.74) is 0.983. The standard InChI is InChI=1S/C14H20ClNO2/c1-10-3-4-11(7-13(10)15)14(2,17)8-12-9-18-6-5-16-12/h3-4,7,12,16-17H,5-6,8-9H2,1-2H3. The van der Waals surface area contributed by atoms with Crippen molar-refractivity contribution in [3.8, 4) is 0 Å². The molecule has 1 aliphatic heterocycles. The summed E-state index contributed by atoms with van der Waals surface area (Å²) < 4.78 is 5.41. The van der Waals surface area contributed by atoms with Gasteiger partial charge in [-0.3, -0.25) is 0 Å². The van der Waals surface area contributed by atoms with Crippen molar-refractivity contribution < 1.29 is 9.84 Å². The van der Waals surface area contributed by atoms with E-state index in [9.17, 15) is 5.11 Å². The molecule has 4 heteroatoms. The minimum Gasteiger partial charge on any atom is -0.385 e. The van der Waals surface area contributed by atoms with Crippen molar-refractivity contribution >= 4 is 11.6 Å². The zero-order chi connectivity index (χ0) is 13.2. The number of aliphatic hydroxyl groups is 1. The molecule has 2 rings (SSSR count). The average molecular weight is 270 g/mol. The largest absolute Gasteiger partial charge is 0.385 e. The Morgan fingerprint density at radius 3 is 2.94 bits per heavy atom. The fourth-order valence-electron chi connectivity index (χ4n) is 2.28. The topological polar surface area (TPSA) is 41.5 Å². The lowest BCUT2D eigenvalue weighted by molar-refractivity contribution is 0.00322. The van der Waals surface area contributed by atoms with Crippen molar-refractivity contribution in [1.82, 2.24) is 5.32 Å². The third-order valence-corrected chi connectivity index (χ3v) is 3.84. The minimum atomic E-state index is -0.893. The third kappa shape index (κ3) is 3.23. The number of benzene rings is 1. The van der Waals surface area contributed by atoms with E-state index in [1.165, 1.54) is 0 Å². The van der Waals surface area contributed by atoms with Crippen LogP contribution in [0.2, 0.25) is 5.02 Å². The monoisotopic (exact) mass is 269 g/mol. The molecular formula is C14H20ClNO2. The molecule has 1 aromatic carbocycles. The predicted octanol–water partition coefficient (Wildman–Crippen LogP) is 2.23. The Labute approximate surface area is 113 Å². The molecule has 1 saturated heterocycles. The molecule has 100 valence electrons. The lowest BCUT2D eigenvalue weighted by Gasteiger charge is -2.32. The van der Waals surface area contributed by atoms with Crippen molar-refractivity contribution in [2.75, 3.05) is 19.8 Å². The smallest absolute Gasteiger partial charge is 0.0884 e. The van der Waals surface area contributed by atoms with E-state index in [0.29, 0.717) is 18.1 Å². The molecule has 1 aromatic rings. The Hall–Kier alpha value is -0.610. The Balaban J connectivity index is 2.10. The Morgan fingerprint density at radius 2 is 2.33 bits per heavy atom. The number of morpholine rings is 1. The number of halogens is 1. The molecule has 0 saturated carbocycles. The van der Waals surface area contributed by atoms with Crippen molar-refractivity contribution in [3.63, 3.8) is 0 Å². The second kappa shape index (κ2) is 5.57. The van der Waals surface area contributed by atoms with Crippen LogP contribution in [0.4, 0.5) is 0 Å². The first-order valence-electron chi connectivity index (χ1n) is 6.29. The van der Waals surface area contributed by atoms with Gasteiger partial charge in [0.15, 0.2) is 0 Å². The van der Waals surface area contributed by atoms with Crippen molar-refractivity contribution in [1.29, 1.82) is 0 Å². The summed E-state index contributed by atoms with van der Waals surface area (Å²) in [6.45, 7) is 6.02. The molecule has 0 spiro atoms. The Kier molecular flexibility index (Phi) is 4.28. The van der Waals surface area contributed by atoms with Crippen molar-refractivity contribution in [2.24, 2.45) is 0 Å². The summed E-state index contributed by atoms with van der Waals surface area (Å²) in [6.07, 6.45) is 0.617. The summed E-state index contributed by atoms with van der Waals surface area (Å²) in [4.78, 5) is 0. The van der Waals surface area contributed by atoms with E-state index in [0.717, 1.165) is 24.3 Å². The maximum atomic E-state index is 10.6. The molecule has 0 aromatic heterocycles. The summed E-state index contributed by atoms with van der Waals surface area (Å²) in [5.74, 6) is 0. The van der Waals surface area contributed by atoms with Crippen LogP contribution in [0.25, 0.3) is 0 Å².